The largest absolute Gasteiger partial charge is 0.460 e. The van der Waals surface area contributed by atoms with Crippen LogP contribution >= 0.6 is 0 Å². The Labute approximate surface area is 153 Å². The Balaban J connectivity index is 1.39. The number of ether oxygens (including phenoxy) is 2. The first-order chi connectivity index (χ1) is 12.5. The molecule has 1 atom stereocenters. The van der Waals surface area contributed by atoms with E-state index in [1.807, 2.05) is 38.1 Å². The Morgan fingerprint density at radius 1 is 1.27 bits per heavy atom. The maximum absolute atomic E-state index is 6.11. The van der Waals surface area contributed by atoms with Crippen molar-refractivity contribution in [3.8, 4) is 6.01 Å². The highest BCUT2D eigenvalue weighted by Crippen LogP contribution is 2.37. The quantitative estimate of drug-likeness (QED) is 0.815. The van der Waals surface area contributed by atoms with Crippen LogP contribution < -0.4 is 14.5 Å². The molecule has 0 aromatic carbocycles. The van der Waals surface area contributed by atoms with Gasteiger partial charge in [-0.1, -0.05) is 0 Å². The SMILES string of the molecule is Cc1ccnc(OC2CCOC3(C2)CN(c2cc(N(C)C)ncn2)C3)n1. The minimum Gasteiger partial charge on any atom is -0.460 e. The molecule has 2 aliphatic heterocycles. The molecule has 0 amide bonds. The summed E-state index contributed by atoms with van der Waals surface area (Å²) in [5.74, 6) is 1.83. The summed E-state index contributed by atoms with van der Waals surface area (Å²) >= 11 is 0. The normalized spacial score (nSPS) is 21.3. The van der Waals surface area contributed by atoms with Gasteiger partial charge in [0.1, 0.15) is 29.7 Å². The summed E-state index contributed by atoms with van der Waals surface area (Å²) in [4.78, 5) is 21.4. The van der Waals surface area contributed by atoms with Crippen LogP contribution in [0.3, 0.4) is 0 Å². The molecule has 8 nitrogen and oxygen atoms in total. The fourth-order valence-corrected chi connectivity index (χ4v) is 3.50. The maximum atomic E-state index is 6.11. The van der Waals surface area contributed by atoms with Crippen LogP contribution in [0.15, 0.2) is 24.7 Å². The zero-order valence-corrected chi connectivity index (χ0v) is 15.4. The molecule has 0 saturated carbocycles. The second kappa shape index (κ2) is 6.68. The van der Waals surface area contributed by atoms with Gasteiger partial charge in [0.25, 0.3) is 0 Å². The molecule has 4 rings (SSSR count). The van der Waals surface area contributed by atoms with Gasteiger partial charge in [0.05, 0.1) is 19.7 Å². The van der Waals surface area contributed by atoms with Gasteiger partial charge >= 0.3 is 6.01 Å². The molecule has 0 aliphatic carbocycles. The molecule has 2 aromatic rings. The molecule has 0 N–H and O–H groups in total. The summed E-state index contributed by atoms with van der Waals surface area (Å²) in [6.45, 7) is 4.25. The zero-order chi connectivity index (χ0) is 18.1. The van der Waals surface area contributed by atoms with Gasteiger partial charge in [-0.2, -0.15) is 0 Å². The Morgan fingerprint density at radius 2 is 2.12 bits per heavy atom. The van der Waals surface area contributed by atoms with Gasteiger partial charge in [0.2, 0.25) is 0 Å². The molecule has 2 saturated heterocycles. The van der Waals surface area contributed by atoms with Gasteiger partial charge in [0, 0.05) is 44.9 Å². The number of anilines is 2. The lowest BCUT2D eigenvalue weighted by Crippen LogP contribution is -2.66. The van der Waals surface area contributed by atoms with E-state index < -0.39 is 0 Å². The third-order valence-corrected chi connectivity index (χ3v) is 4.87. The van der Waals surface area contributed by atoms with Crippen LogP contribution in [0.1, 0.15) is 18.5 Å². The second-order valence-corrected chi connectivity index (χ2v) is 7.23. The van der Waals surface area contributed by atoms with Crippen LogP contribution in [0.5, 0.6) is 6.01 Å². The molecule has 1 unspecified atom stereocenters. The molecule has 2 fully saturated rings. The number of aromatic nitrogens is 4. The van der Waals surface area contributed by atoms with Crippen molar-refractivity contribution >= 4 is 11.6 Å². The summed E-state index contributed by atoms with van der Waals surface area (Å²) in [5, 5.41) is 0. The van der Waals surface area contributed by atoms with Gasteiger partial charge in [-0.05, 0) is 13.0 Å². The zero-order valence-electron chi connectivity index (χ0n) is 15.4. The minimum absolute atomic E-state index is 0.0791. The molecule has 1 spiro atoms. The number of rotatable bonds is 4. The van der Waals surface area contributed by atoms with Crippen molar-refractivity contribution in [3.05, 3.63) is 30.4 Å². The monoisotopic (exact) mass is 356 g/mol. The number of hydrogen-bond acceptors (Lipinski definition) is 8. The Bertz CT molecular complexity index is 778. The Kier molecular flexibility index (Phi) is 4.36. The van der Waals surface area contributed by atoms with Crippen molar-refractivity contribution in [1.82, 2.24) is 19.9 Å². The molecule has 0 bridgehead atoms. The van der Waals surface area contributed by atoms with Gasteiger partial charge in [-0.3, -0.25) is 0 Å². The van der Waals surface area contributed by atoms with E-state index in [9.17, 15) is 0 Å². The summed E-state index contributed by atoms with van der Waals surface area (Å²) < 4.78 is 12.1. The van der Waals surface area contributed by atoms with Crippen LogP contribution in [-0.2, 0) is 4.74 Å². The first kappa shape index (κ1) is 17.0. The van der Waals surface area contributed by atoms with Crippen LogP contribution in [0.25, 0.3) is 0 Å². The van der Waals surface area contributed by atoms with E-state index >= 15 is 0 Å². The smallest absolute Gasteiger partial charge is 0.316 e. The van der Waals surface area contributed by atoms with Crippen LogP contribution in [0.2, 0.25) is 0 Å². The topological polar surface area (TPSA) is 76.5 Å². The lowest BCUT2D eigenvalue weighted by atomic mass is 9.84. The molecule has 0 radical (unpaired) electrons. The molecule has 2 aromatic heterocycles. The molecular weight excluding hydrogens is 332 g/mol. The first-order valence-electron chi connectivity index (χ1n) is 8.88. The lowest BCUT2D eigenvalue weighted by molar-refractivity contribution is -0.127. The van der Waals surface area contributed by atoms with E-state index in [2.05, 4.69) is 24.8 Å². The molecular formula is C18H24N6O2. The van der Waals surface area contributed by atoms with Crippen LogP contribution in [0, 0.1) is 6.92 Å². The predicted octanol–water partition coefficient (Wildman–Crippen LogP) is 1.46. The predicted molar refractivity (Wildman–Crippen MR) is 97.7 cm³/mol. The van der Waals surface area contributed by atoms with Gasteiger partial charge in [-0.25, -0.2) is 19.9 Å². The summed E-state index contributed by atoms with van der Waals surface area (Å²) in [7, 11) is 3.95. The first-order valence-corrected chi connectivity index (χ1v) is 8.88. The van der Waals surface area contributed by atoms with Crippen molar-refractivity contribution in [3.63, 3.8) is 0 Å². The Hall–Kier alpha value is -2.48. The van der Waals surface area contributed by atoms with E-state index in [1.54, 1.807) is 12.5 Å². The van der Waals surface area contributed by atoms with Crippen molar-refractivity contribution in [2.75, 3.05) is 43.6 Å². The number of hydrogen-bond donors (Lipinski definition) is 0. The van der Waals surface area contributed by atoms with E-state index in [0.717, 1.165) is 43.3 Å². The fourth-order valence-electron chi connectivity index (χ4n) is 3.50. The van der Waals surface area contributed by atoms with Crippen molar-refractivity contribution in [1.29, 1.82) is 0 Å². The van der Waals surface area contributed by atoms with Crippen molar-refractivity contribution in [2.24, 2.45) is 0 Å². The molecule has 138 valence electrons. The standard InChI is InChI=1S/C18H24N6O2/c1-13-4-6-19-17(22-13)26-14-5-7-25-18(9-14)10-24(11-18)16-8-15(23(2)3)20-12-21-16/h4,6,8,12,14H,5,7,9-11H2,1-3H3. The molecule has 4 heterocycles. The number of nitrogens with zero attached hydrogens (tertiary/aromatic N) is 6. The second-order valence-electron chi connectivity index (χ2n) is 7.23. The van der Waals surface area contributed by atoms with Gasteiger partial charge < -0.3 is 19.3 Å². The highest BCUT2D eigenvalue weighted by molar-refractivity contribution is 5.52. The maximum Gasteiger partial charge on any atom is 0.316 e. The van der Waals surface area contributed by atoms with Crippen molar-refractivity contribution < 1.29 is 9.47 Å². The van der Waals surface area contributed by atoms with Gasteiger partial charge in [0.15, 0.2) is 0 Å². The van der Waals surface area contributed by atoms with E-state index in [0.29, 0.717) is 12.6 Å². The highest BCUT2D eigenvalue weighted by atomic mass is 16.5. The molecule has 26 heavy (non-hydrogen) atoms. The average Bonchev–Trinajstić information content (AvgIpc) is 2.60. The van der Waals surface area contributed by atoms with Crippen LogP contribution in [0.4, 0.5) is 11.6 Å². The summed E-state index contributed by atoms with van der Waals surface area (Å²) in [6.07, 6.45) is 5.12. The van der Waals surface area contributed by atoms with Crippen LogP contribution in [-0.4, -0.2) is 65.4 Å². The molecule has 2 aliphatic rings. The molecule has 8 heteroatoms. The van der Waals surface area contributed by atoms with Gasteiger partial charge in [-0.15, -0.1) is 0 Å². The third-order valence-electron chi connectivity index (χ3n) is 4.87. The fraction of sp³-hybridized carbons (Fsp3) is 0.556. The summed E-state index contributed by atoms with van der Waals surface area (Å²) in [6, 6.07) is 4.32. The number of aryl methyl sites for hydroxylation is 1. The lowest BCUT2D eigenvalue weighted by Gasteiger charge is -2.53. The third kappa shape index (κ3) is 3.41. The average molecular weight is 356 g/mol. The highest BCUT2D eigenvalue weighted by Gasteiger charge is 2.49. The van der Waals surface area contributed by atoms with Crippen molar-refractivity contribution in [2.45, 2.75) is 31.5 Å². The van der Waals surface area contributed by atoms with E-state index in [-0.39, 0.29) is 11.7 Å². The van der Waals surface area contributed by atoms with E-state index in [4.69, 9.17) is 9.47 Å². The minimum atomic E-state index is -0.171. The Morgan fingerprint density at radius 3 is 2.88 bits per heavy atom. The summed E-state index contributed by atoms with van der Waals surface area (Å²) in [5.41, 5.74) is 0.739. The van der Waals surface area contributed by atoms with E-state index in [1.165, 1.54) is 0 Å².